The number of esters is 3. The maximum absolute atomic E-state index is 11.9. The van der Waals surface area contributed by atoms with Crippen molar-refractivity contribution in [3.63, 3.8) is 0 Å². The van der Waals surface area contributed by atoms with E-state index in [0.717, 1.165) is 29.8 Å². The van der Waals surface area contributed by atoms with Gasteiger partial charge in [-0.15, -0.1) is 0 Å². The minimum atomic E-state index is -0.558. The van der Waals surface area contributed by atoms with E-state index in [2.05, 4.69) is 19.9 Å². The molecular formula is C47H56N4O6. The van der Waals surface area contributed by atoms with Crippen LogP contribution in [0.25, 0.3) is 0 Å². The molecule has 57 heavy (non-hydrogen) atoms. The number of nitrogens with zero attached hydrogens (tertiary/aromatic N) is 4. The Morgan fingerprint density at radius 2 is 0.825 bits per heavy atom. The number of carbonyl (C=O) groups is 3. The van der Waals surface area contributed by atoms with Crippen molar-refractivity contribution in [1.82, 2.24) is 19.9 Å². The molecule has 1 aliphatic rings. The number of carbonyl (C=O) groups excluding carboxylic acids is 3. The molecule has 10 heteroatoms. The number of ether oxygens (including phenoxy) is 3. The van der Waals surface area contributed by atoms with E-state index >= 15 is 0 Å². The lowest BCUT2D eigenvalue weighted by molar-refractivity contribution is -0.157. The molecule has 0 aliphatic heterocycles. The van der Waals surface area contributed by atoms with Crippen molar-refractivity contribution < 1.29 is 28.6 Å². The summed E-state index contributed by atoms with van der Waals surface area (Å²) in [6, 6.07) is 32.1. The van der Waals surface area contributed by atoms with Gasteiger partial charge in [-0.1, -0.05) is 115 Å². The summed E-state index contributed by atoms with van der Waals surface area (Å²) >= 11 is 0. The maximum atomic E-state index is 11.9. The van der Waals surface area contributed by atoms with Gasteiger partial charge in [0.15, 0.2) is 12.2 Å². The van der Waals surface area contributed by atoms with E-state index in [9.17, 15) is 14.4 Å². The number of benzene rings is 1. The SMILES string of the molecule is CC(C)C(=O)OC(c1ccccc1)c1ccccn1.CC(C)C(=O)OC(c1ccccn1)C1CCCCC1.CC(C)C(=O)OC(c1ccccn1)c1ccccn1. The Kier molecular flexibility index (Phi) is 18.0. The fraction of sp³-hybridized carbons (Fsp3) is 0.383. The molecule has 0 radical (unpaired) electrons. The van der Waals surface area contributed by atoms with Crippen LogP contribution in [0.2, 0.25) is 0 Å². The number of aromatic nitrogens is 4. The summed E-state index contributed by atoms with van der Waals surface area (Å²) in [5.74, 6) is -0.618. The zero-order valence-electron chi connectivity index (χ0n) is 33.9. The summed E-state index contributed by atoms with van der Waals surface area (Å²) in [6.07, 6.45) is 11.7. The third kappa shape index (κ3) is 14.4. The lowest BCUT2D eigenvalue weighted by atomic mass is 9.84. The van der Waals surface area contributed by atoms with Crippen LogP contribution in [0.15, 0.2) is 128 Å². The molecule has 1 saturated carbocycles. The number of pyridine rings is 4. The first-order valence-electron chi connectivity index (χ1n) is 19.8. The highest BCUT2D eigenvalue weighted by atomic mass is 16.6. The van der Waals surface area contributed by atoms with E-state index in [-0.39, 0.29) is 41.8 Å². The van der Waals surface area contributed by atoms with E-state index in [1.807, 2.05) is 131 Å². The number of hydrogen-bond donors (Lipinski definition) is 0. The molecule has 2 unspecified atom stereocenters. The molecule has 0 spiro atoms. The highest BCUT2D eigenvalue weighted by Crippen LogP contribution is 2.36. The molecule has 1 aliphatic carbocycles. The predicted octanol–water partition coefficient (Wildman–Crippen LogP) is 10.0. The first-order valence-corrected chi connectivity index (χ1v) is 19.8. The standard InChI is InChI=1S/C16H23NO2.C16H17NO2.C15H16N2O2/c2*1-12(2)16(18)19-15(13-8-4-3-5-9-13)14-10-6-7-11-17-14;1-11(2)15(18)19-14(12-7-3-5-9-16-12)13-8-4-6-10-17-13/h6-7,10-13,15H,3-5,8-9H2,1-2H3;3-12,15H,1-2H3;3-11,14H,1-2H3. The van der Waals surface area contributed by atoms with Crippen molar-refractivity contribution in [1.29, 1.82) is 0 Å². The summed E-state index contributed by atoms with van der Waals surface area (Å²) in [7, 11) is 0. The third-order valence-electron chi connectivity index (χ3n) is 9.15. The normalized spacial score (nSPS) is 13.7. The summed E-state index contributed by atoms with van der Waals surface area (Å²) in [4.78, 5) is 52.8. The van der Waals surface area contributed by atoms with Crippen LogP contribution in [0.4, 0.5) is 0 Å². The summed E-state index contributed by atoms with van der Waals surface area (Å²) in [5.41, 5.74) is 3.91. The Morgan fingerprint density at radius 1 is 0.456 bits per heavy atom. The summed E-state index contributed by atoms with van der Waals surface area (Å²) < 4.78 is 16.8. The molecule has 1 aromatic carbocycles. The van der Waals surface area contributed by atoms with Crippen molar-refractivity contribution in [3.05, 3.63) is 156 Å². The minimum absolute atomic E-state index is 0.0881. The Bertz CT molecular complexity index is 1710. The maximum Gasteiger partial charge on any atom is 0.309 e. The lowest BCUT2D eigenvalue weighted by Gasteiger charge is -2.30. The quantitative estimate of drug-likeness (QED) is 0.0892. The van der Waals surface area contributed by atoms with Gasteiger partial charge in [-0.25, -0.2) is 0 Å². The molecule has 0 N–H and O–H groups in total. The van der Waals surface area contributed by atoms with Crippen LogP contribution >= 0.6 is 0 Å². The molecule has 0 saturated heterocycles. The highest BCUT2D eigenvalue weighted by molar-refractivity contribution is 5.73. The molecule has 5 aromatic rings. The molecular weight excluding hydrogens is 717 g/mol. The first-order chi connectivity index (χ1) is 27.5. The molecule has 4 aromatic heterocycles. The average molecular weight is 773 g/mol. The van der Waals surface area contributed by atoms with E-state index in [0.29, 0.717) is 17.3 Å². The molecule has 2 atom stereocenters. The Morgan fingerprint density at radius 3 is 1.23 bits per heavy atom. The largest absolute Gasteiger partial charge is 0.455 e. The predicted molar refractivity (Wildman–Crippen MR) is 219 cm³/mol. The molecule has 6 rings (SSSR count). The van der Waals surface area contributed by atoms with Crippen LogP contribution in [0.5, 0.6) is 0 Å². The second-order valence-corrected chi connectivity index (χ2v) is 14.8. The van der Waals surface area contributed by atoms with Gasteiger partial charge in [-0.2, -0.15) is 0 Å². The Hall–Kier alpha value is -5.77. The smallest absolute Gasteiger partial charge is 0.309 e. The Balaban J connectivity index is 0.000000189. The number of hydrogen-bond acceptors (Lipinski definition) is 10. The Labute approximate surface area is 337 Å². The fourth-order valence-corrected chi connectivity index (χ4v) is 5.94. The number of rotatable bonds is 12. The molecule has 4 heterocycles. The summed E-state index contributed by atoms with van der Waals surface area (Å²) in [5, 5.41) is 0. The van der Waals surface area contributed by atoms with E-state index in [1.165, 1.54) is 19.3 Å². The minimum Gasteiger partial charge on any atom is -0.455 e. The molecule has 300 valence electrons. The van der Waals surface area contributed by atoms with Gasteiger partial charge in [0.2, 0.25) is 0 Å². The van der Waals surface area contributed by atoms with E-state index in [4.69, 9.17) is 14.2 Å². The third-order valence-corrected chi connectivity index (χ3v) is 9.15. The second kappa shape index (κ2) is 23.3. The average Bonchev–Trinajstić information content (AvgIpc) is 3.25. The molecule has 1 fully saturated rings. The molecule has 0 amide bonds. The topological polar surface area (TPSA) is 130 Å². The van der Waals surface area contributed by atoms with Gasteiger partial charge in [0.25, 0.3) is 0 Å². The zero-order valence-corrected chi connectivity index (χ0v) is 33.9. The van der Waals surface area contributed by atoms with Gasteiger partial charge in [0, 0.05) is 30.7 Å². The van der Waals surface area contributed by atoms with Crippen molar-refractivity contribution in [2.75, 3.05) is 0 Å². The first kappa shape index (κ1) is 44.0. The van der Waals surface area contributed by atoms with Crippen molar-refractivity contribution in [2.45, 2.75) is 92.0 Å². The molecule has 0 bridgehead atoms. The van der Waals surface area contributed by atoms with Crippen LogP contribution in [0.1, 0.15) is 120 Å². The second-order valence-electron chi connectivity index (χ2n) is 14.8. The van der Waals surface area contributed by atoms with Gasteiger partial charge in [0.1, 0.15) is 6.10 Å². The van der Waals surface area contributed by atoms with Crippen molar-refractivity contribution in [3.8, 4) is 0 Å². The zero-order chi connectivity index (χ0) is 41.0. The van der Waals surface area contributed by atoms with Gasteiger partial charge in [-0.3, -0.25) is 34.3 Å². The van der Waals surface area contributed by atoms with Crippen LogP contribution in [0, 0.1) is 23.7 Å². The molecule has 10 nitrogen and oxygen atoms in total. The van der Waals surface area contributed by atoms with E-state index in [1.54, 1.807) is 38.6 Å². The van der Waals surface area contributed by atoms with Crippen LogP contribution < -0.4 is 0 Å². The van der Waals surface area contributed by atoms with Gasteiger partial charge in [0.05, 0.1) is 40.5 Å². The van der Waals surface area contributed by atoms with Crippen LogP contribution in [-0.4, -0.2) is 37.8 Å². The fourth-order valence-electron chi connectivity index (χ4n) is 5.94. The lowest BCUT2D eigenvalue weighted by Crippen LogP contribution is -2.24. The van der Waals surface area contributed by atoms with Crippen molar-refractivity contribution >= 4 is 17.9 Å². The van der Waals surface area contributed by atoms with Gasteiger partial charge in [-0.05, 0) is 66.9 Å². The van der Waals surface area contributed by atoms with Gasteiger partial charge < -0.3 is 14.2 Å². The highest BCUT2D eigenvalue weighted by Gasteiger charge is 2.30. The van der Waals surface area contributed by atoms with Crippen LogP contribution in [-0.2, 0) is 28.6 Å². The van der Waals surface area contributed by atoms with Gasteiger partial charge >= 0.3 is 17.9 Å². The van der Waals surface area contributed by atoms with Crippen molar-refractivity contribution in [2.24, 2.45) is 23.7 Å². The van der Waals surface area contributed by atoms with Crippen LogP contribution in [0.3, 0.4) is 0 Å². The monoisotopic (exact) mass is 772 g/mol. The summed E-state index contributed by atoms with van der Waals surface area (Å²) in [6.45, 7) is 11.0. The van der Waals surface area contributed by atoms with E-state index < -0.39 is 12.2 Å².